The number of carbonyl (C=O) groups excluding carboxylic acids is 1. The third-order valence-electron chi connectivity index (χ3n) is 5.07. The van der Waals surface area contributed by atoms with Crippen LogP contribution in [-0.4, -0.2) is 31.6 Å². The lowest BCUT2D eigenvalue weighted by Gasteiger charge is -2.08. The minimum absolute atomic E-state index is 0.117. The van der Waals surface area contributed by atoms with Crippen molar-refractivity contribution in [1.29, 1.82) is 0 Å². The van der Waals surface area contributed by atoms with Crippen LogP contribution >= 0.6 is 22.9 Å². The summed E-state index contributed by atoms with van der Waals surface area (Å²) < 4.78 is 3.28. The van der Waals surface area contributed by atoms with Gasteiger partial charge in [-0.1, -0.05) is 31.5 Å². The minimum atomic E-state index is -0.226. The molecular formula is C23H24ClN5O2S. The van der Waals surface area contributed by atoms with E-state index in [1.807, 2.05) is 50.4 Å². The van der Waals surface area contributed by atoms with Crippen LogP contribution in [0.5, 0.6) is 0 Å². The molecule has 0 spiro atoms. The smallest absolute Gasteiger partial charge is 0.268 e. The second kappa shape index (κ2) is 8.88. The number of amides is 1. The predicted molar refractivity (Wildman–Crippen MR) is 128 cm³/mol. The van der Waals surface area contributed by atoms with Crippen molar-refractivity contribution in [2.45, 2.75) is 34.1 Å². The van der Waals surface area contributed by atoms with E-state index in [9.17, 15) is 9.59 Å². The summed E-state index contributed by atoms with van der Waals surface area (Å²) in [4.78, 5) is 31.1. The average molecular weight is 470 g/mol. The van der Waals surface area contributed by atoms with Crippen LogP contribution in [0.1, 0.15) is 30.9 Å². The number of hydrogen-bond donors (Lipinski definition) is 1. The molecule has 0 aliphatic carbocycles. The summed E-state index contributed by atoms with van der Waals surface area (Å²) in [6.45, 7) is 8.39. The third-order valence-corrected chi connectivity index (χ3v) is 6.18. The highest BCUT2D eigenvalue weighted by Gasteiger charge is 2.20. The monoisotopic (exact) mass is 469 g/mol. The molecule has 4 rings (SSSR count). The van der Waals surface area contributed by atoms with Crippen molar-refractivity contribution in [3.63, 3.8) is 0 Å². The largest absolute Gasteiger partial charge is 0.356 e. The first-order valence-electron chi connectivity index (χ1n) is 10.3. The molecule has 0 aliphatic heterocycles. The van der Waals surface area contributed by atoms with Crippen LogP contribution in [0, 0.1) is 19.8 Å². The maximum atomic E-state index is 13.5. The molecule has 3 aromatic heterocycles. The Balaban J connectivity index is 1.76. The zero-order valence-electron chi connectivity index (χ0n) is 18.3. The molecule has 0 bridgehead atoms. The first-order valence-corrected chi connectivity index (χ1v) is 11.6. The lowest BCUT2D eigenvalue weighted by Crippen LogP contribution is -2.30. The average Bonchev–Trinajstić information content (AvgIpc) is 3.30. The van der Waals surface area contributed by atoms with Crippen molar-refractivity contribution in [1.82, 2.24) is 24.5 Å². The molecule has 1 amide bonds. The van der Waals surface area contributed by atoms with E-state index in [2.05, 4.69) is 15.4 Å². The number of rotatable bonds is 6. The molecule has 3 heterocycles. The number of fused-ring (bicyclic) bond motifs is 1. The summed E-state index contributed by atoms with van der Waals surface area (Å²) in [7, 11) is 0. The van der Waals surface area contributed by atoms with Crippen molar-refractivity contribution in [2.75, 3.05) is 6.54 Å². The Morgan fingerprint density at radius 1 is 1.25 bits per heavy atom. The van der Waals surface area contributed by atoms with Crippen LogP contribution in [0.2, 0.25) is 5.02 Å². The molecule has 0 fully saturated rings. The fraction of sp³-hybridized carbons (Fsp3) is 0.304. The molecule has 166 valence electrons. The Hall–Kier alpha value is -2.97. The lowest BCUT2D eigenvalue weighted by molar-refractivity contribution is -0.120. The highest BCUT2D eigenvalue weighted by Crippen LogP contribution is 2.24. The van der Waals surface area contributed by atoms with E-state index in [0.29, 0.717) is 45.1 Å². The Morgan fingerprint density at radius 2 is 2.03 bits per heavy atom. The molecule has 0 saturated carbocycles. The van der Waals surface area contributed by atoms with E-state index in [0.717, 1.165) is 11.4 Å². The second-order valence-corrected chi connectivity index (χ2v) is 9.43. The first-order chi connectivity index (χ1) is 15.2. The number of hydrogen-bond acceptors (Lipinski definition) is 5. The summed E-state index contributed by atoms with van der Waals surface area (Å²) in [5.74, 6) is 0.239. The number of aryl methyl sites for hydroxylation is 2. The van der Waals surface area contributed by atoms with Gasteiger partial charge in [0.15, 0.2) is 4.96 Å². The number of nitrogens with zero attached hydrogens (tertiary/aromatic N) is 4. The quantitative estimate of drug-likeness (QED) is 0.459. The molecular weight excluding hydrogens is 446 g/mol. The molecule has 32 heavy (non-hydrogen) atoms. The van der Waals surface area contributed by atoms with Crippen LogP contribution in [0.15, 0.2) is 40.5 Å². The Morgan fingerprint density at radius 3 is 2.75 bits per heavy atom. The van der Waals surface area contributed by atoms with Crippen molar-refractivity contribution in [3.05, 3.63) is 68.2 Å². The van der Waals surface area contributed by atoms with Gasteiger partial charge in [0.1, 0.15) is 5.69 Å². The number of halogens is 1. The predicted octanol–water partition coefficient (Wildman–Crippen LogP) is 4.19. The van der Waals surface area contributed by atoms with Gasteiger partial charge >= 0.3 is 0 Å². The topological polar surface area (TPSA) is 81.3 Å². The van der Waals surface area contributed by atoms with Crippen molar-refractivity contribution in [3.8, 4) is 16.9 Å². The summed E-state index contributed by atoms with van der Waals surface area (Å²) in [6.07, 6.45) is 0.118. The molecule has 0 saturated heterocycles. The summed E-state index contributed by atoms with van der Waals surface area (Å²) in [5, 5.41) is 10.00. The molecule has 9 heteroatoms. The zero-order chi connectivity index (χ0) is 23.0. The summed E-state index contributed by atoms with van der Waals surface area (Å²) in [5.41, 5.74) is 3.63. The maximum Gasteiger partial charge on any atom is 0.268 e. The van der Waals surface area contributed by atoms with E-state index in [4.69, 9.17) is 11.6 Å². The van der Waals surface area contributed by atoms with Gasteiger partial charge < -0.3 is 5.32 Å². The third kappa shape index (κ3) is 4.33. The number of aromatic nitrogens is 4. The molecule has 1 aromatic carbocycles. The van der Waals surface area contributed by atoms with Crippen molar-refractivity contribution >= 4 is 33.8 Å². The van der Waals surface area contributed by atoms with Gasteiger partial charge in [0.05, 0.1) is 23.4 Å². The molecule has 0 radical (unpaired) electrons. The minimum Gasteiger partial charge on any atom is -0.356 e. The first kappa shape index (κ1) is 22.2. The van der Waals surface area contributed by atoms with Gasteiger partial charge in [-0.25, -0.2) is 9.67 Å². The molecule has 0 atom stereocenters. The van der Waals surface area contributed by atoms with Crippen LogP contribution in [-0.2, 0) is 11.2 Å². The second-order valence-electron chi connectivity index (χ2n) is 8.16. The fourth-order valence-corrected chi connectivity index (χ4v) is 4.64. The van der Waals surface area contributed by atoms with Crippen LogP contribution in [0.25, 0.3) is 21.9 Å². The molecule has 0 unspecified atom stereocenters. The van der Waals surface area contributed by atoms with E-state index in [1.165, 1.54) is 15.7 Å². The molecule has 1 N–H and O–H groups in total. The van der Waals surface area contributed by atoms with Crippen LogP contribution < -0.4 is 10.9 Å². The van der Waals surface area contributed by atoms with Gasteiger partial charge in [0.2, 0.25) is 5.91 Å². The number of thiazole rings is 1. The normalized spacial score (nSPS) is 11.4. The Bertz CT molecular complexity index is 1370. The summed E-state index contributed by atoms with van der Waals surface area (Å²) in [6, 6.07) is 9.24. The van der Waals surface area contributed by atoms with Gasteiger partial charge in [-0.2, -0.15) is 5.10 Å². The number of benzene rings is 1. The molecule has 4 aromatic rings. The fourth-order valence-electron chi connectivity index (χ4n) is 3.54. The molecule has 0 aliphatic rings. The van der Waals surface area contributed by atoms with Gasteiger partial charge in [-0.15, -0.1) is 11.3 Å². The molecule has 7 nitrogen and oxygen atoms in total. The lowest BCUT2D eigenvalue weighted by atomic mass is 10.1. The van der Waals surface area contributed by atoms with E-state index in [-0.39, 0.29) is 17.9 Å². The van der Waals surface area contributed by atoms with Gasteiger partial charge in [0, 0.05) is 28.3 Å². The maximum absolute atomic E-state index is 13.5. The van der Waals surface area contributed by atoms with Crippen molar-refractivity contribution in [2.24, 2.45) is 5.92 Å². The Labute approximate surface area is 194 Å². The van der Waals surface area contributed by atoms with Crippen molar-refractivity contribution < 1.29 is 4.79 Å². The number of carbonyl (C=O) groups is 1. The van der Waals surface area contributed by atoms with Crippen LogP contribution in [0.3, 0.4) is 0 Å². The summed E-state index contributed by atoms with van der Waals surface area (Å²) >= 11 is 7.49. The Kier molecular flexibility index (Phi) is 6.17. The van der Waals surface area contributed by atoms with Gasteiger partial charge in [0.25, 0.3) is 5.56 Å². The van der Waals surface area contributed by atoms with Gasteiger partial charge in [-0.05, 0) is 44.0 Å². The van der Waals surface area contributed by atoms with E-state index < -0.39 is 0 Å². The van der Waals surface area contributed by atoms with E-state index in [1.54, 1.807) is 17.7 Å². The van der Waals surface area contributed by atoms with Crippen LogP contribution in [0.4, 0.5) is 0 Å². The SMILES string of the molecule is Cc1nc2scc(CC(=O)NCC(C)C)n2c(=O)c1-c1cc(C)n(-c2cccc(Cl)c2)n1. The van der Waals surface area contributed by atoms with E-state index >= 15 is 0 Å². The number of nitrogens with one attached hydrogen (secondary N) is 1. The highest BCUT2D eigenvalue weighted by atomic mass is 35.5. The highest BCUT2D eigenvalue weighted by molar-refractivity contribution is 7.15. The standard InChI is InChI=1S/C23H24ClN5O2S/c1-13(2)11-25-20(30)10-18-12-32-23-26-15(4)21(22(31)28(18)23)19-8-14(3)29(27-19)17-7-5-6-16(24)9-17/h5-9,12-13H,10-11H2,1-4H3,(H,25,30). The zero-order valence-corrected chi connectivity index (χ0v) is 19.9. The van der Waals surface area contributed by atoms with Gasteiger partial charge in [-0.3, -0.25) is 14.0 Å².